The Kier molecular flexibility index (Phi) is 18.5. The van der Waals surface area contributed by atoms with Gasteiger partial charge in [-0.1, -0.05) is 79.1 Å². The minimum Gasteiger partial charge on any atom is -0.465 e. The zero-order valence-electron chi connectivity index (χ0n) is 19.1. The smallest absolute Gasteiger partial charge is 0.308 e. The molecule has 0 fully saturated rings. The fraction of sp³-hybridized carbons (Fsp3) is 0.917. The first-order chi connectivity index (χ1) is 13.6. The Labute approximate surface area is 174 Å². The Morgan fingerprint density at radius 1 is 0.571 bits per heavy atom. The molecule has 0 aromatic carbocycles. The average Bonchev–Trinajstić information content (AvgIpc) is 2.70. The number of hydrogen-bond donors (Lipinski definition) is 0. The zero-order chi connectivity index (χ0) is 21.0. The number of ether oxygens (including phenoxy) is 2. The van der Waals surface area contributed by atoms with Gasteiger partial charge in [0, 0.05) is 0 Å². The van der Waals surface area contributed by atoms with Crippen molar-refractivity contribution < 1.29 is 19.1 Å². The van der Waals surface area contributed by atoms with Crippen LogP contribution in [0, 0.1) is 11.8 Å². The van der Waals surface area contributed by atoms with Gasteiger partial charge in [0.25, 0.3) is 0 Å². The fourth-order valence-electron chi connectivity index (χ4n) is 3.37. The summed E-state index contributed by atoms with van der Waals surface area (Å²) in [6.07, 6.45) is 14.5. The van der Waals surface area contributed by atoms with Crippen LogP contribution in [0.25, 0.3) is 0 Å². The molecule has 2 atom stereocenters. The summed E-state index contributed by atoms with van der Waals surface area (Å²) >= 11 is 0. The lowest BCUT2D eigenvalue weighted by atomic mass is 10.00. The zero-order valence-corrected chi connectivity index (χ0v) is 19.1. The number of carbonyl (C=O) groups excluding carboxylic acids is 2. The Morgan fingerprint density at radius 2 is 0.929 bits per heavy atom. The molecule has 0 rings (SSSR count). The number of rotatable bonds is 19. The molecule has 0 saturated carbocycles. The lowest BCUT2D eigenvalue weighted by Crippen LogP contribution is -2.17. The van der Waals surface area contributed by atoms with E-state index in [9.17, 15) is 9.59 Å². The van der Waals surface area contributed by atoms with E-state index in [1.165, 1.54) is 0 Å². The molecule has 2 unspecified atom stereocenters. The molecule has 0 saturated heterocycles. The molecule has 0 aliphatic carbocycles. The Bertz CT molecular complexity index is 345. The van der Waals surface area contributed by atoms with Gasteiger partial charge in [-0.3, -0.25) is 9.59 Å². The van der Waals surface area contributed by atoms with Crippen molar-refractivity contribution in [2.45, 2.75) is 118 Å². The molecule has 0 bridgehead atoms. The summed E-state index contributed by atoms with van der Waals surface area (Å²) in [5.41, 5.74) is 0. The van der Waals surface area contributed by atoms with E-state index in [0.717, 1.165) is 89.9 Å². The molecule has 166 valence electrons. The predicted octanol–water partition coefficient (Wildman–Crippen LogP) is 6.85. The third kappa shape index (κ3) is 14.0. The van der Waals surface area contributed by atoms with E-state index in [2.05, 4.69) is 27.7 Å². The van der Waals surface area contributed by atoms with Gasteiger partial charge in [0.05, 0.1) is 25.0 Å². The second kappa shape index (κ2) is 19.3. The van der Waals surface area contributed by atoms with Crippen molar-refractivity contribution in [2.24, 2.45) is 11.8 Å². The van der Waals surface area contributed by atoms with E-state index < -0.39 is 0 Å². The van der Waals surface area contributed by atoms with E-state index in [1.807, 2.05) is 0 Å². The average molecular weight is 399 g/mol. The van der Waals surface area contributed by atoms with Crippen molar-refractivity contribution in [2.75, 3.05) is 13.2 Å². The van der Waals surface area contributed by atoms with Crippen molar-refractivity contribution in [3.63, 3.8) is 0 Å². The molecule has 0 radical (unpaired) electrons. The Hall–Kier alpha value is -1.06. The van der Waals surface area contributed by atoms with Crippen LogP contribution < -0.4 is 0 Å². The first-order valence-electron chi connectivity index (χ1n) is 11.9. The molecule has 0 amide bonds. The quantitative estimate of drug-likeness (QED) is 0.176. The van der Waals surface area contributed by atoms with Crippen LogP contribution in [-0.4, -0.2) is 25.2 Å². The highest BCUT2D eigenvalue weighted by molar-refractivity contribution is 5.72. The minimum atomic E-state index is -0.0120. The predicted molar refractivity (Wildman–Crippen MR) is 116 cm³/mol. The van der Waals surface area contributed by atoms with Gasteiger partial charge in [-0.15, -0.1) is 0 Å². The molecular weight excluding hydrogens is 352 g/mol. The first kappa shape index (κ1) is 26.9. The lowest BCUT2D eigenvalue weighted by molar-refractivity contribution is -0.150. The molecule has 4 heteroatoms. The summed E-state index contributed by atoms with van der Waals surface area (Å²) in [7, 11) is 0. The molecule has 0 aliphatic heterocycles. The second-order valence-corrected chi connectivity index (χ2v) is 7.95. The molecule has 0 aromatic heterocycles. The summed E-state index contributed by atoms with van der Waals surface area (Å²) < 4.78 is 10.9. The number of hydrogen-bond acceptors (Lipinski definition) is 4. The molecule has 4 nitrogen and oxygen atoms in total. The largest absolute Gasteiger partial charge is 0.465 e. The molecule has 0 aliphatic rings. The van der Waals surface area contributed by atoms with Crippen molar-refractivity contribution in [3.05, 3.63) is 0 Å². The van der Waals surface area contributed by atoms with Gasteiger partial charge in [-0.05, 0) is 38.5 Å². The Morgan fingerprint density at radius 3 is 1.25 bits per heavy atom. The van der Waals surface area contributed by atoms with Crippen LogP contribution in [0.5, 0.6) is 0 Å². The van der Waals surface area contributed by atoms with Gasteiger partial charge < -0.3 is 9.47 Å². The van der Waals surface area contributed by atoms with Gasteiger partial charge >= 0.3 is 11.9 Å². The van der Waals surface area contributed by atoms with Gasteiger partial charge in [-0.2, -0.15) is 0 Å². The van der Waals surface area contributed by atoms with E-state index in [0.29, 0.717) is 13.2 Å². The van der Waals surface area contributed by atoms with Crippen LogP contribution in [0.15, 0.2) is 0 Å². The van der Waals surface area contributed by atoms with Crippen LogP contribution in [-0.2, 0) is 19.1 Å². The lowest BCUT2D eigenvalue weighted by Gasteiger charge is -2.14. The third-order valence-electron chi connectivity index (χ3n) is 5.49. The maximum Gasteiger partial charge on any atom is 0.308 e. The van der Waals surface area contributed by atoms with Gasteiger partial charge in [0.2, 0.25) is 0 Å². The van der Waals surface area contributed by atoms with Gasteiger partial charge in [0.1, 0.15) is 0 Å². The number of esters is 2. The monoisotopic (exact) mass is 398 g/mol. The first-order valence-corrected chi connectivity index (χ1v) is 11.9. The van der Waals surface area contributed by atoms with E-state index >= 15 is 0 Å². The van der Waals surface area contributed by atoms with Crippen molar-refractivity contribution in [1.29, 1.82) is 0 Å². The van der Waals surface area contributed by atoms with Crippen LogP contribution in [0.2, 0.25) is 0 Å². The van der Waals surface area contributed by atoms with Crippen LogP contribution in [0.4, 0.5) is 0 Å². The highest BCUT2D eigenvalue weighted by atomic mass is 16.5. The van der Waals surface area contributed by atoms with Crippen molar-refractivity contribution in [1.82, 2.24) is 0 Å². The highest BCUT2D eigenvalue weighted by Gasteiger charge is 2.17. The SMILES string of the molecule is CCCCC(CC)C(=O)OCCCCCCCCOC(=O)C(CC)CCCC. The van der Waals surface area contributed by atoms with Crippen molar-refractivity contribution in [3.8, 4) is 0 Å². The molecule has 0 heterocycles. The summed E-state index contributed by atoms with van der Waals surface area (Å²) in [4.78, 5) is 24.0. The third-order valence-corrected chi connectivity index (χ3v) is 5.49. The molecule has 0 aromatic rings. The van der Waals surface area contributed by atoms with Gasteiger partial charge in [0.15, 0.2) is 0 Å². The summed E-state index contributed by atoms with van der Waals surface area (Å²) in [6.45, 7) is 9.53. The maximum atomic E-state index is 12.0. The van der Waals surface area contributed by atoms with E-state index in [-0.39, 0.29) is 23.8 Å². The van der Waals surface area contributed by atoms with Crippen LogP contribution in [0.1, 0.15) is 118 Å². The van der Waals surface area contributed by atoms with Crippen molar-refractivity contribution >= 4 is 11.9 Å². The number of carbonyl (C=O) groups is 2. The normalized spacial score (nSPS) is 13.1. The van der Waals surface area contributed by atoms with E-state index in [1.54, 1.807) is 0 Å². The summed E-state index contributed by atoms with van der Waals surface area (Å²) in [5.74, 6) is 0.137. The molecule has 0 spiro atoms. The van der Waals surface area contributed by atoms with Crippen LogP contribution >= 0.6 is 0 Å². The number of unbranched alkanes of at least 4 members (excludes halogenated alkanes) is 7. The van der Waals surface area contributed by atoms with Crippen LogP contribution in [0.3, 0.4) is 0 Å². The molecule has 0 N–H and O–H groups in total. The minimum absolute atomic E-state index is 0.0120. The summed E-state index contributed by atoms with van der Waals surface area (Å²) in [5, 5.41) is 0. The fourth-order valence-corrected chi connectivity index (χ4v) is 3.37. The topological polar surface area (TPSA) is 52.6 Å². The molecule has 28 heavy (non-hydrogen) atoms. The standard InChI is InChI=1S/C24H46O4/c1-5-9-17-21(7-3)23(25)27-19-15-13-11-12-14-16-20-28-24(26)22(8-4)18-10-6-2/h21-22H,5-20H2,1-4H3. The van der Waals surface area contributed by atoms with E-state index in [4.69, 9.17) is 9.47 Å². The molecular formula is C24H46O4. The Balaban J connectivity index is 3.57. The maximum absolute atomic E-state index is 12.0. The summed E-state index contributed by atoms with van der Waals surface area (Å²) in [6, 6.07) is 0. The second-order valence-electron chi connectivity index (χ2n) is 7.95. The van der Waals surface area contributed by atoms with Gasteiger partial charge in [-0.25, -0.2) is 0 Å². The highest BCUT2D eigenvalue weighted by Crippen LogP contribution is 2.16.